The van der Waals surface area contributed by atoms with Gasteiger partial charge in [-0.1, -0.05) is 19.3 Å². The molecule has 0 saturated heterocycles. The second-order valence-corrected chi connectivity index (χ2v) is 5.33. The largest absolute Gasteiger partial charge is 0.465 e. The molecule has 1 rings (SSSR count). The zero-order chi connectivity index (χ0) is 12.7. The molecule has 0 aromatic heterocycles. The lowest BCUT2D eigenvalue weighted by Gasteiger charge is -2.31. The molecule has 0 aliphatic heterocycles. The minimum Gasteiger partial charge on any atom is -0.465 e. The topological polar surface area (TPSA) is 29.5 Å². The molecule has 0 amide bonds. The van der Waals surface area contributed by atoms with Gasteiger partial charge in [-0.15, -0.1) is 0 Å². The van der Waals surface area contributed by atoms with Gasteiger partial charge >= 0.3 is 5.97 Å². The van der Waals surface area contributed by atoms with E-state index in [2.05, 4.69) is 18.7 Å². The van der Waals surface area contributed by atoms with Gasteiger partial charge in [-0.25, -0.2) is 0 Å². The Labute approximate surface area is 106 Å². The van der Waals surface area contributed by atoms with Crippen molar-refractivity contribution in [3.63, 3.8) is 0 Å². The lowest BCUT2D eigenvalue weighted by atomic mass is 9.88. The smallest absolute Gasteiger partial charge is 0.320 e. The van der Waals surface area contributed by atoms with Crippen LogP contribution < -0.4 is 0 Å². The first-order valence-electron chi connectivity index (χ1n) is 7.03. The molecule has 0 radical (unpaired) electrons. The fourth-order valence-electron chi connectivity index (χ4n) is 2.53. The van der Waals surface area contributed by atoms with Crippen LogP contribution in [0.4, 0.5) is 0 Å². The fraction of sp³-hybridized carbons (Fsp3) is 0.929. The van der Waals surface area contributed by atoms with Crippen LogP contribution in [0.1, 0.15) is 52.9 Å². The normalized spacial score (nSPS) is 17.7. The highest BCUT2D eigenvalue weighted by atomic mass is 16.5. The number of hydrogen-bond acceptors (Lipinski definition) is 3. The van der Waals surface area contributed by atoms with Gasteiger partial charge in [0.2, 0.25) is 0 Å². The predicted molar refractivity (Wildman–Crippen MR) is 69.9 cm³/mol. The first-order valence-corrected chi connectivity index (χ1v) is 7.03. The number of rotatable bonds is 6. The SMILES string of the molecule is CCOC(=O)CN(CC1CCCCC1)C(C)C. The van der Waals surface area contributed by atoms with Crippen LogP contribution in [-0.2, 0) is 9.53 Å². The molecule has 1 saturated carbocycles. The molecule has 3 heteroatoms. The number of nitrogens with zero attached hydrogens (tertiary/aromatic N) is 1. The number of hydrogen-bond donors (Lipinski definition) is 0. The molecule has 1 aliphatic carbocycles. The summed E-state index contributed by atoms with van der Waals surface area (Å²) < 4.78 is 5.03. The minimum atomic E-state index is -0.0861. The number of carbonyl (C=O) groups is 1. The maximum Gasteiger partial charge on any atom is 0.320 e. The second kappa shape index (κ2) is 7.70. The van der Waals surface area contributed by atoms with E-state index in [-0.39, 0.29) is 5.97 Å². The van der Waals surface area contributed by atoms with Gasteiger partial charge in [-0.05, 0) is 39.5 Å². The Morgan fingerprint density at radius 2 is 1.94 bits per heavy atom. The maximum atomic E-state index is 11.5. The van der Waals surface area contributed by atoms with Crippen LogP contribution in [0.25, 0.3) is 0 Å². The quantitative estimate of drug-likeness (QED) is 0.670. The molecular formula is C14H27NO2. The molecule has 100 valence electrons. The van der Waals surface area contributed by atoms with Crippen LogP contribution >= 0.6 is 0 Å². The summed E-state index contributed by atoms with van der Waals surface area (Å²) in [5, 5.41) is 0. The van der Waals surface area contributed by atoms with Crippen molar-refractivity contribution in [1.29, 1.82) is 0 Å². The number of ether oxygens (including phenoxy) is 1. The molecule has 0 N–H and O–H groups in total. The maximum absolute atomic E-state index is 11.5. The highest BCUT2D eigenvalue weighted by Crippen LogP contribution is 2.24. The zero-order valence-corrected chi connectivity index (χ0v) is 11.6. The zero-order valence-electron chi connectivity index (χ0n) is 11.6. The molecule has 0 heterocycles. The van der Waals surface area contributed by atoms with Crippen molar-refractivity contribution in [1.82, 2.24) is 4.90 Å². The van der Waals surface area contributed by atoms with E-state index in [9.17, 15) is 4.79 Å². The number of esters is 1. The van der Waals surface area contributed by atoms with Gasteiger partial charge in [0.15, 0.2) is 0 Å². The van der Waals surface area contributed by atoms with Crippen LogP contribution in [-0.4, -0.2) is 36.6 Å². The third kappa shape index (κ3) is 5.53. The molecule has 0 spiro atoms. The van der Waals surface area contributed by atoms with E-state index < -0.39 is 0 Å². The van der Waals surface area contributed by atoms with Crippen LogP contribution in [0.3, 0.4) is 0 Å². The molecule has 0 aromatic rings. The standard InChI is InChI=1S/C14H27NO2/c1-4-17-14(16)11-15(12(2)3)10-13-8-6-5-7-9-13/h12-13H,4-11H2,1-3H3. The van der Waals surface area contributed by atoms with Crippen molar-refractivity contribution in [2.45, 2.75) is 58.9 Å². The van der Waals surface area contributed by atoms with Crippen molar-refractivity contribution >= 4 is 5.97 Å². The van der Waals surface area contributed by atoms with E-state index in [0.717, 1.165) is 12.5 Å². The van der Waals surface area contributed by atoms with Crippen molar-refractivity contribution in [3.05, 3.63) is 0 Å². The summed E-state index contributed by atoms with van der Waals surface area (Å²) in [6.07, 6.45) is 6.75. The van der Waals surface area contributed by atoms with Crippen molar-refractivity contribution in [2.75, 3.05) is 19.7 Å². The summed E-state index contributed by atoms with van der Waals surface area (Å²) >= 11 is 0. The van der Waals surface area contributed by atoms with Crippen LogP contribution in [0.5, 0.6) is 0 Å². The Balaban J connectivity index is 2.39. The Morgan fingerprint density at radius 3 is 2.47 bits per heavy atom. The third-order valence-electron chi connectivity index (χ3n) is 3.59. The van der Waals surface area contributed by atoms with E-state index in [1.165, 1.54) is 32.1 Å². The first-order chi connectivity index (χ1) is 8.13. The summed E-state index contributed by atoms with van der Waals surface area (Å²) in [7, 11) is 0. The van der Waals surface area contributed by atoms with Crippen LogP contribution in [0.15, 0.2) is 0 Å². The lowest BCUT2D eigenvalue weighted by molar-refractivity contribution is -0.145. The second-order valence-electron chi connectivity index (χ2n) is 5.33. The predicted octanol–water partition coefficient (Wildman–Crippen LogP) is 2.84. The van der Waals surface area contributed by atoms with Gasteiger partial charge in [0.25, 0.3) is 0 Å². The van der Waals surface area contributed by atoms with Crippen LogP contribution in [0, 0.1) is 5.92 Å². The monoisotopic (exact) mass is 241 g/mol. The molecule has 0 atom stereocenters. The minimum absolute atomic E-state index is 0.0861. The van der Waals surface area contributed by atoms with Crippen molar-refractivity contribution < 1.29 is 9.53 Å². The Morgan fingerprint density at radius 1 is 1.29 bits per heavy atom. The molecule has 1 aliphatic rings. The highest BCUT2D eigenvalue weighted by molar-refractivity contribution is 5.71. The Hall–Kier alpha value is -0.570. The highest BCUT2D eigenvalue weighted by Gasteiger charge is 2.21. The van der Waals surface area contributed by atoms with E-state index in [1.807, 2.05) is 6.92 Å². The Kier molecular flexibility index (Phi) is 6.56. The summed E-state index contributed by atoms with van der Waals surface area (Å²) in [6, 6.07) is 0.418. The van der Waals surface area contributed by atoms with E-state index in [0.29, 0.717) is 19.2 Å². The summed E-state index contributed by atoms with van der Waals surface area (Å²) in [4.78, 5) is 13.8. The van der Waals surface area contributed by atoms with E-state index in [1.54, 1.807) is 0 Å². The molecular weight excluding hydrogens is 214 g/mol. The molecule has 1 fully saturated rings. The molecule has 0 bridgehead atoms. The van der Waals surface area contributed by atoms with E-state index >= 15 is 0 Å². The fourth-order valence-corrected chi connectivity index (χ4v) is 2.53. The molecule has 0 unspecified atom stereocenters. The van der Waals surface area contributed by atoms with Gasteiger partial charge in [-0.2, -0.15) is 0 Å². The first kappa shape index (κ1) is 14.5. The number of carbonyl (C=O) groups excluding carboxylic acids is 1. The molecule has 3 nitrogen and oxygen atoms in total. The van der Waals surface area contributed by atoms with Gasteiger partial charge in [-0.3, -0.25) is 9.69 Å². The molecule has 0 aromatic carbocycles. The lowest BCUT2D eigenvalue weighted by Crippen LogP contribution is -2.40. The van der Waals surface area contributed by atoms with Crippen molar-refractivity contribution in [2.24, 2.45) is 5.92 Å². The summed E-state index contributed by atoms with van der Waals surface area (Å²) in [5.74, 6) is 0.692. The summed E-state index contributed by atoms with van der Waals surface area (Å²) in [5.41, 5.74) is 0. The third-order valence-corrected chi connectivity index (χ3v) is 3.59. The van der Waals surface area contributed by atoms with Crippen LogP contribution in [0.2, 0.25) is 0 Å². The Bertz CT molecular complexity index is 222. The van der Waals surface area contributed by atoms with E-state index in [4.69, 9.17) is 4.74 Å². The molecule has 17 heavy (non-hydrogen) atoms. The average molecular weight is 241 g/mol. The van der Waals surface area contributed by atoms with Gasteiger partial charge in [0, 0.05) is 12.6 Å². The van der Waals surface area contributed by atoms with Crippen molar-refractivity contribution in [3.8, 4) is 0 Å². The van der Waals surface area contributed by atoms with Gasteiger partial charge in [0.1, 0.15) is 0 Å². The summed E-state index contributed by atoms with van der Waals surface area (Å²) in [6.45, 7) is 8.15. The van der Waals surface area contributed by atoms with Gasteiger partial charge < -0.3 is 4.74 Å². The van der Waals surface area contributed by atoms with Gasteiger partial charge in [0.05, 0.1) is 13.2 Å². The average Bonchev–Trinajstić information content (AvgIpc) is 2.29.